The van der Waals surface area contributed by atoms with Crippen LogP contribution >= 0.6 is 11.6 Å². The van der Waals surface area contributed by atoms with Crippen LogP contribution in [0.4, 0.5) is 0 Å². The van der Waals surface area contributed by atoms with E-state index < -0.39 is 35.5 Å². The van der Waals surface area contributed by atoms with Crippen molar-refractivity contribution in [1.82, 2.24) is 0 Å². The summed E-state index contributed by atoms with van der Waals surface area (Å²) in [5.41, 5.74) is -0.315. The minimum Gasteiger partial charge on any atom is -0.507 e. The Labute approximate surface area is 171 Å². The molecule has 9 heteroatoms. The van der Waals surface area contributed by atoms with Gasteiger partial charge in [0.15, 0.2) is 0 Å². The lowest BCUT2D eigenvalue weighted by Gasteiger charge is -2.17. The number of ketones is 1. The van der Waals surface area contributed by atoms with Gasteiger partial charge >= 0.3 is 5.97 Å². The molecule has 0 radical (unpaired) electrons. The number of hydrogen-bond acceptors (Lipinski definition) is 8. The zero-order valence-corrected chi connectivity index (χ0v) is 16.3. The number of cyclic esters (lactones) is 1. The Morgan fingerprint density at radius 1 is 1.10 bits per heavy atom. The molecule has 0 spiro atoms. The number of phenols is 2. The summed E-state index contributed by atoms with van der Waals surface area (Å²) in [6, 6.07) is 0.929. The lowest BCUT2D eigenvalue weighted by Crippen LogP contribution is -2.21. The molecular weight excluding hydrogens is 404 g/mol. The van der Waals surface area contributed by atoms with Crippen LogP contribution in [0.15, 0.2) is 18.2 Å². The van der Waals surface area contributed by atoms with Crippen molar-refractivity contribution in [2.75, 3.05) is 0 Å². The summed E-state index contributed by atoms with van der Waals surface area (Å²) in [5, 5.41) is 30.0. The highest BCUT2D eigenvalue weighted by Gasteiger charge is 2.56. The number of benzene rings is 1. The highest BCUT2D eigenvalue weighted by molar-refractivity contribution is 6.33. The lowest BCUT2D eigenvalue weighted by molar-refractivity contribution is -0.119. The van der Waals surface area contributed by atoms with Crippen molar-refractivity contribution < 1.29 is 39.1 Å². The number of Topliss-reactive ketones (excluding diaryl/α,β-unsaturated/α-hetero) is 1. The van der Waals surface area contributed by atoms with Crippen LogP contribution < -0.4 is 0 Å². The first-order chi connectivity index (χ1) is 13.7. The first kappa shape index (κ1) is 20.2. The van der Waals surface area contributed by atoms with E-state index in [1.165, 1.54) is 6.08 Å². The van der Waals surface area contributed by atoms with Gasteiger partial charge in [-0.05, 0) is 6.92 Å². The Morgan fingerprint density at radius 3 is 2.62 bits per heavy atom. The number of aliphatic hydroxyl groups is 1. The van der Waals surface area contributed by atoms with E-state index in [-0.39, 0.29) is 53.4 Å². The van der Waals surface area contributed by atoms with Gasteiger partial charge in [0.2, 0.25) is 0 Å². The Balaban J connectivity index is 1.64. The summed E-state index contributed by atoms with van der Waals surface area (Å²) < 4.78 is 16.6. The van der Waals surface area contributed by atoms with Crippen LogP contribution in [0.3, 0.4) is 0 Å². The van der Waals surface area contributed by atoms with Crippen molar-refractivity contribution in [2.45, 2.75) is 62.8 Å². The fourth-order valence-electron chi connectivity index (χ4n) is 3.69. The average Bonchev–Trinajstić information content (AvgIpc) is 3.52. The van der Waals surface area contributed by atoms with Crippen LogP contribution in [0.1, 0.15) is 35.7 Å². The predicted octanol–water partition coefficient (Wildman–Crippen LogP) is 1.65. The maximum absolute atomic E-state index is 12.7. The summed E-state index contributed by atoms with van der Waals surface area (Å²) in [6.07, 6.45) is 0.977. The van der Waals surface area contributed by atoms with Crippen LogP contribution in [-0.2, 0) is 25.4 Å². The summed E-state index contributed by atoms with van der Waals surface area (Å²) in [5.74, 6) is -2.28. The molecule has 156 valence electrons. The molecule has 0 aliphatic carbocycles. The summed E-state index contributed by atoms with van der Waals surface area (Å²) in [6.45, 7) is 1.70. The first-order valence-corrected chi connectivity index (χ1v) is 9.75. The Morgan fingerprint density at radius 2 is 1.86 bits per heavy atom. The highest BCUT2D eigenvalue weighted by atomic mass is 35.5. The predicted molar refractivity (Wildman–Crippen MR) is 100 cm³/mol. The number of carbonyl (C=O) groups excluding carboxylic acids is 2. The van der Waals surface area contributed by atoms with E-state index in [2.05, 4.69) is 0 Å². The molecule has 6 atom stereocenters. The van der Waals surface area contributed by atoms with Gasteiger partial charge in [-0.1, -0.05) is 23.8 Å². The van der Waals surface area contributed by atoms with Crippen LogP contribution in [-0.4, -0.2) is 63.7 Å². The fourth-order valence-corrected chi connectivity index (χ4v) is 3.91. The van der Waals surface area contributed by atoms with Crippen molar-refractivity contribution >= 4 is 23.4 Å². The minimum atomic E-state index is -1.05. The molecule has 0 aromatic heterocycles. The molecule has 29 heavy (non-hydrogen) atoms. The highest BCUT2D eigenvalue weighted by Crippen LogP contribution is 2.42. The average molecular weight is 425 g/mol. The molecule has 2 saturated heterocycles. The van der Waals surface area contributed by atoms with E-state index >= 15 is 0 Å². The molecule has 4 rings (SSSR count). The number of ether oxygens (including phenoxy) is 3. The number of esters is 1. The first-order valence-electron chi connectivity index (χ1n) is 9.38. The minimum absolute atomic E-state index is 0.0409. The third-order valence-corrected chi connectivity index (χ3v) is 5.66. The third-order valence-electron chi connectivity index (χ3n) is 5.24. The van der Waals surface area contributed by atoms with E-state index in [1.807, 2.05) is 0 Å². The third kappa shape index (κ3) is 4.25. The van der Waals surface area contributed by atoms with E-state index in [1.54, 1.807) is 13.0 Å². The second-order valence-electron chi connectivity index (χ2n) is 7.61. The van der Waals surface area contributed by atoms with Crippen LogP contribution in [0, 0.1) is 0 Å². The molecule has 0 amide bonds. The number of epoxide rings is 2. The van der Waals surface area contributed by atoms with Crippen LogP contribution in [0.2, 0.25) is 5.02 Å². The van der Waals surface area contributed by atoms with Gasteiger partial charge in [0.25, 0.3) is 0 Å². The maximum Gasteiger partial charge on any atom is 0.342 e. The van der Waals surface area contributed by atoms with Gasteiger partial charge in [-0.15, -0.1) is 0 Å². The number of phenolic OH excluding ortho intramolecular Hbond substituents is 2. The molecule has 3 aliphatic rings. The van der Waals surface area contributed by atoms with Gasteiger partial charge < -0.3 is 29.5 Å². The number of aliphatic hydroxyl groups excluding tert-OH is 1. The van der Waals surface area contributed by atoms with E-state index in [4.69, 9.17) is 25.8 Å². The van der Waals surface area contributed by atoms with Crippen LogP contribution in [0.25, 0.3) is 0 Å². The van der Waals surface area contributed by atoms with Gasteiger partial charge in [-0.3, -0.25) is 4.79 Å². The second-order valence-corrected chi connectivity index (χ2v) is 7.99. The number of halogens is 1. The van der Waals surface area contributed by atoms with Gasteiger partial charge in [0.05, 0.1) is 17.2 Å². The molecule has 1 aromatic carbocycles. The van der Waals surface area contributed by atoms with E-state index in [0.717, 1.165) is 6.07 Å². The molecular formula is C20H21ClO8. The molecule has 0 saturated carbocycles. The van der Waals surface area contributed by atoms with Crippen molar-refractivity contribution in [1.29, 1.82) is 0 Å². The van der Waals surface area contributed by atoms with Gasteiger partial charge in [-0.2, -0.15) is 0 Å². The number of hydrogen-bond donors (Lipinski definition) is 3. The Bertz CT molecular complexity index is 882. The summed E-state index contributed by atoms with van der Waals surface area (Å²) >= 11 is 6.11. The Hall–Kier alpha value is -2.13. The summed E-state index contributed by atoms with van der Waals surface area (Å²) in [7, 11) is 0. The number of rotatable bonds is 0. The molecule has 3 aliphatic heterocycles. The molecule has 2 fully saturated rings. The number of fused-ring (bicyclic) bond motifs is 4. The molecule has 1 aromatic rings. The standard InChI is InChI=1S/C20H21ClO8/c1-8-4-15-19(29-15)18-14(28-18)3-2-9(22)5-10(23)6-11-16(20(26)27-8)12(24)7-13(25)17(11)21/h2-3,7-9,14-15,18-19,22,24-25H,4-6H2,1H3/b3-2+/t8-,9-,14-,15+,18-,19-/m1/s1. The van der Waals surface area contributed by atoms with Crippen molar-refractivity contribution in [3.8, 4) is 11.5 Å². The zero-order chi connectivity index (χ0) is 20.9. The maximum atomic E-state index is 12.7. The molecule has 0 unspecified atom stereocenters. The van der Waals surface area contributed by atoms with Crippen LogP contribution in [0.5, 0.6) is 11.5 Å². The zero-order valence-electron chi connectivity index (χ0n) is 15.6. The molecule has 8 nitrogen and oxygen atoms in total. The second kappa shape index (κ2) is 7.60. The molecule has 0 bridgehead atoms. The topological polar surface area (TPSA) is 129 Å². The van der Waals surface area contributed by atoms with Gasteiger partial charge in [0, 0.05) is 30.9 Å². The van der Waals surface area contributed by atoms with E-state index in [9.17, 15) is 24.9 Å². The normalized spacial score (nSPS) is 35.7. The van der Waals surface area contributed by atoms with Gasteiger partial charge in [0.1, 0.15) is 47.3 Å². The van der Waals surface area contributed by atoms with E-state index in [0.29, 0.717) is 6.42 Å². The van der Waals surface area contributed by atoms with Crippen molar-refractivity contribution in [3.05, 3.63) is 34.4 Å². The molecule has 3 heterocycles. The summed E-state index contributed by atoms with van der Waals surface area (Å²) in [4.78, 5) is 25.1. The van der Waals surface area contributed by atoms with Crippen molar-refractivity contribution in [3.63, 3.8) is 0 Å². The molecule has 3 N–H and O–H groups in total. The number of carbonyl (C=O) groups is 2. The fraction of sp³-hybridized carbons (Fsp3) is 0.500. The Kier molecular flexibility index (Phi) is 5.29. The number of aromatic hydroxyl groups is 2. The van der Waals surface area contributed by atoms with Crippen molar-refractivity contribution in [2.24, 2.45) is 0 Å². The smallest absolute Gasteiger partial charge is 0.342 e. The SMILES string of the molecule is C[C@@H]1C[C@@H]2O[C@H]2[C@@H]2O[C@@H]2/C=C/[C@@H](O)CC(=O)Cc2c(Cl)c(O)cc(O)c2C(=O)O1. The quantitative estimate of drug-likeness (QED) is 0.326. The van der Waals surface area contributed by atoms with Gasteiger partial charge in [-0.25, -0.2) is 4.79 Å². The largest absolute Gasteiger partial charge is 0.507 e. The monoisotopic (exact) mass is 424 g/mol. The lowest BCUT2D eigenvalue weighted by atomic mass is 9.97.